The Hall–Kier alpha value is -2.19. The van der Waals surface area contributed by atoms with Gasteiger partial charge in [-0.15, -0.1) is 0 Å². The summed E-state index contributed by atoms with van der Waals surface area (Å²) < 4.78 is 40.7. The molecule has 0 unspecified atom stereocenters. The summed E-state index contributed by atoms with van der Waals surface area (Å²) in [7, 11) is -3.81. The van der Waals surface area contributed by atoms with Gasteiger partial charge in [0.15, 0.2) is 9.84 Å². The molecular weight excluding hydrogens is 500 g/mol. The van der Waals surface area contributed by atoms with Gasteiger partial charge in [0, 0.05) is 16.7 Å². The fraction of sp³-hybridized carbons (Fsp3) is 0.130. The minimum absolute atomic E-state index is 0.115. The zero-order valence-electron chi connectivity index (χ0n) is 15.5. The predicted octanol–water partition coefficient (Wildman–Crippen LogP) is 5.13. The normalized spacial score (nSPS) is 18.9. The van der Waals surface area contributed by atoms with E-state index in [1.54, 1.807) is 6.08 Å². The molecule has 0 spiro atoms. The van der Waals surface area contributed by atoms with Crippen LogP contribution in [-0.4, -0.2) is 19.9 Å². The molecule has 3 aromatic carbocycles. The Morgan fingerprint density at radius 1 is 0.931 bits per heavy atom. The third-order valence-corrected chi connectivity index (χ3v) is 8.23. The second kappa shape index (κ2) is 7.91. The fourth-order valence-electron chi connectivity index (χ4n) is 3.63. The number of rotatable bonds is 5. The van der Waals surface area contributed by atoms with Gasteiger partial charge in [-0.05, 0) is 82.4 Å². The summed E-state index contributed by atoms with van der Waals surface area (Å²) in [5, 5.41) is 0. The molecule has 0 aromatic heterocycles. The number of nitrogens with zero attached hydrogens (tertiary/aromatic N) is 1. The first kappa shape index (κ1) is 20.1. The summed E-state index contributed by atoms with van der Waals surface area (Å²) in [6, 6.07) is 22.5. The third-order valence-electron chi connectivity index (χ3n) is 5.16. The highest BCUT2D eigenvalue weighted by atomic mass is 127. The van der Waals surface area contributed by atoms with Crippen LogP contribution in [0.15, 0.2) is 96.0 Å². The molecular formula is C23H19FINO2S. The SMILES string of the molecule is O=S(=O)(c1ccc(F)cc1)[C@@]1(c2ccc(I)cc2)C=CN(Cc2ccccc2)C1. The number of hydrogen-bond acceptors (Lipinski definition) is 3. The minimum Gasteiger partial charge on any atom is -0.371 e. The highest BCUT2D eigenvalue weighted by molar-refractivity contribution is 14.1. The number of sulfone groups is 1. The molecule has 148 valence electrons. The molecule has 1 atom stereocenters. The van der Waals surface area contributed by atoms with E-state index < -0.39 is 20.4 Å². The van der Waals surface area contributed by atoms with Gasteiger partial charge in [-0.25, -0.2) is 12.8 Å². The molecule has 0 saturated carbocycles. The lowest BCUT2D eigenvalue weighted by molar-refractivity contribution is 0.369. The van der Waals surface area contributed by atoms with Crippen LogP contribution in [0.1, 0.15) is 11.1 Å². The van der Waals surface area contributed by atoms with Crippen molar-refractivity contribution in [1.29, 1.82) is 0 Å². The molecule has 0 aliphatic carbocycles. The van der Waals surface area contributed by atoms with Gasteiger partial charge in [-0.2, -0.15) is 0 Å². The molecule has 1 heterocycles. The lowest BCUT2D eigenvalue weighted by Crippen LogP contribution is -2.39. The summed E-state index contributed by atoms with van der Waals surface area (Å²) in [5.41, 5.74) is 1.81. The first-order chi connectivity index (χ1) is 13.9. The van der Waals surface area contributed by atoms with Crippen LogP contribution in [0.2, 0.25) is 0 Å². The van der Waals surface area contributed by atoms with Gasteiger partial charge in [0.2, 0.25) is 0 Å². The van der Waals surface area contributed by atoms with E-state index in [0.29, 0.717) is 18.7 Å². The van der Waals surface area contributed by atoms with Crippen molar-refractivity contribution < 1.29 is 12.8 Å². The van der Waals surface area contributed by atoms with Crippen molar-refractivity contribution in [3.8, 4) is 0 Å². The summed E-state index contributed by atoms with van der Waals surface area (Å²) in [6.07, 6.45) is 3.61. The number of halogens is 2. The van der Waals surface area contributed by atoms with Crippen LogP contribution in [-0.2, 0) is 21.1 Å². The van der Waals surface area contributed by atoms with Crippen LogP contribution >= 0.6 is 22.6 Å². The highest BCUT2D eigenvalue weighted by Crippen LogP contribution is 2.41. The van der Waals surface area contributed by atoms with Crippen LogP contribution in [0.25, 0.3) is 0 Å². The zero-order valence-corrected chi connectivity index (χ0v) is 18.5. The van der Waals surface area contributed by atoms with Crippen molar-refractivity contribution >= 4 is 32.4 Å². The van der Waals surface area contributed by atoms with Crippen LogP contribution in [0, 0.1) is 9.39 Å². The maximum Gasteiger partial charge on any atom is 0.193 e. The van der Waals surface area contributed by atoms with E-state index in [1.165, 1.54) is 24.3 Å². The first-order valence-electron chi connectivity index (χ1n) is 9.14. The largest absolute Gasteiger partial charge is 0.371 e. The molecule has 29 heavy (non-hydrogen) atoms. The summed E-state index contributed by atoms with van der Waals surface area (Å²) in [5.74, 6) is -0.458. The fourth-order valence-corrected chi connectivity index (χ4v) is 5.93. The molecule has 3 nitrogen and oxygen atoms in total. The summed E-state index contributed by atoms with van der Waals surface area (Å²) in [4.78, 5) is 2.12. The molecule has 0 saturated heterocycles. The predicted molar refractivity (Wildman–Crippen MR) is 120 cm³/mol. The van der Waals surface area contributed by atoms with E-state index in [-0.39, 0.29) is 4.90 Å². The highest BCUT2D eigenvalue weighted by Gasteiger charge is 2.48. The van der Waals surface area contributed by atoms with Gasteiger partial charge in [0.1, 0.15) is 10.6 Å². The van der Waals surface area contributed by atoms with E-state index in [1.807, 2.05) is 65.7 Å². The second-order valence-corrected chi connectivity index (χ2v) is 10.5. The Morgan fingerprint density at radius 3 is 2.24 bits per heavy atom. The van der Waals surface area contributed by atoms with Crippen molar-refractivity contribution in [2.45, 2.75) is 16.2 Å². The second-order valence-electron chi connectivity index (χ2n) is 7.06. The number of benzene rings is 3. The van der Waals surface area contributed by atoms with Gasteiger partial charge in [-0.3, -0.25) is 0 Å². The van der Waals surface area contributed by atoms with E-state index >= 15 is 0 Å². The molecule has 1 aliphatic rings. The molecule has 1 aliphatic heterocycles. The average molecular weight is 519 g/mol. The third kappa shape index (κ3) is 3.83. The molecule has 4 rings (SSSR count). The van der Waals surface area contributed by atoms with Crippen LogP contribution in [0.5, 0.6) is 0 Å². The lowest BCUT2D eigenvalue weighted by Gasteiger charge is -2.30. The van der Waals surface area contributed by atoms with E-state index in [9.17, 15) is 12.8 Å². The monoisotopic (exact) mass is 519 g/mol. The van der Waals surface area contributed by atoms with Gasteiger partial charge in [0.05, 0.1) is 4.90 Å². The smallest absolute Gasteiger partial charge is 0.193 e. The Labute approximate surface area is 183 Å². The van der Waals surface area contributed by atoms with Crippen molar-refractivity contribution in [2.24, 2.45) is 0 Å². The molecule has 6 heteroatoms. The molecule has 3 aromatic rings. The van der Waals surface area contributed by atoms with Gasteiger partial charge < -0.3 is 4.90 Å². The molecule has 0 radical (unpaired) electrons. The maximum atomic E-state index is 13.7. The van der Waals surface area contributed by atoms with Crippen molar-refractivity contribution in [2.75, 3.05) is 6.54 Å². The van der Waals surface area contributed by atoms with E-state index in [2.05, 4.69) is 22.6 Å². The Balaban J connectivity index is 1.76. The lowest BCUT2D eigenvalue weighted by atomic mass is 9.99. The van der Waals surface area contributed by atoms with Gasteiger partial charge >= 0.3 is 0 Å². The summed E-state index contributed by atoms with van der Waals surface area (Å²) in [6.45, 7) is 0.907. The molecule has 0 N–H and O–H groups in total. The summed E-state index contributed by atoms with van der Waals surface area (Å²) >= 11 is 2.20. The zero-order chi connectivity index (χ0) is 20.5. The molecule has 0 bridgehead atoms. The number of hydrogen-bond donors (Lipinski definition) is 0. The average Bonchev–Trinajstić information content (AvgIpc) is 3.15. The van der Waals surface area contributed by atoms with Crippen LogP contribution in [0.4, 0.5) is 4.39 Å². The van der Waals surface area contributed by atoms with E-state index in [4.69, 9.17) is 0 Å². The van der Waals surface area contributed by atoms with Gasteiger partial charge in [-0.1, -0.05) is 42.5 Å². The molecule has 0 fully saturated rings. The van der Waals surface area contributed by atoms with Crippen LogP contribution in [0.3, 0.4) is 0 Å². The Kier molecular flexibility index (Phi) is 5.48. The molecule has 0 amide bonds. The van der Waals surface area contributed by atoms with Gasteiger partial charge in [0.25, 0.3) is 0 Å². The minimum atomic E-state index is -3.81. The van der Waals surface area contributed by atoms with E-state index in [0.717, 1.165) is 9.13 Å². The first-order valence-corrected chi connectivity index (χ1v) is 11.7. The maximum absolute atomic E-state index is 13.7. The van der Waals surface area contributed by atoms with Crippen LogP contribution < -0.4 is 0 Å². The standard InChI is InChI=1S/C23H19FINO2S/c24-20-8-12-22(13-9-20)29(27,28)23(19-6-10-21(25)11-7-19)14-15-26(17-23)16-18-4-2-1-3-5-18/h1-15H,16-17H2/t23-/m0/s1. The topological polar surface area (TPSA) is 37.4 Å². The Morgan fingerprint density at radius 2 is 1.59 bits per heavy atom. The van der Waals surface area contributed by atoms with Crippen molar-refractivity contribution in [3.05, 3.63) is 112 Å². The van der Waals surface area contributed by atoms with Crippen molar-refractivity contribution in [3.63, 3.8) is 0 Å². The van der Waals surface area contributed by atoms with Crippen molar-refractivity contribution in [1.82, 2.24) is 4.90 Å². The Bertz CT molecular complexity index is 1130. The quantitative estimate of drug-likeness (QED) is 0.347.